The molecule has 0 spiro atoms. The summed E-state index contributed by atoms with van der Waals surface area (Å²) in [6, 6.07) is 15.7. The van der Waals surface area contributed by atoms with E-state index in [1.807, 2.05) is 55.6 Å². The minimum Gasteiger partial charge on any atom is -0.361 e. The first-order chi connectivity index (χ1) is 11.1. The van der Waals surface area contributed by atoms with Crippen molar-refractivity contribution >= 4 is 28.4 Å². The maximum absolute atomic E-state index is 12.2. The van der Waals surface area contributed by atoms with E-state index < -0.39 is 0 Å². The second kappa shape index (κ2) is 6.88. The highest BCUT2D eigenvalue weighted by molar-refractivity contribution is 6.30. The number of para-hydroxylation sites is 1. The molecule has 1 atom stereocenters. The Labute approximate surface area is 140 Å². The van der Waals surface area contributed by atoms with Crippen LogP contribution in [0.3, 0.4) is 0 Å². The quantitative estimate of drug-likeness (QED) is 0.705. The summed E-state index contributed by atoms with van der Waals surface area (Å²) in [4.78, 5) is 15.4. The van der Waals surface area contributed by atoms with Gasteiger partial charge in [-0.25, -0.2) is 0 Å². The summed E-state index contributed by atoms with van der Waals surface area (Å²) in [5.74, 6) is 0.0442. The number of aromatic nitrogens is 1. The Kier molecular flexibility index (Phi) is 4.68. The van der Waals surface area contributed by atoms with Crippen LogP contribution in [-0.2, 0) is 11.2 Å². The van der Waals surface area contributed by atoms with Crippen LogP contribution in [0.25, 0.3) is 10.9 Å². The molecule has 0 radical (unpaired) electrons. The van der Waals surface area contributed by atoms with Crippen LogP contribution < -0.4 is 5.32 Å². The Morgan fingerprint density at radius 3 is 2.87 bits per heavy atom. The second-order valence-electron chi connectivity index (χ2n) is 5.70. The lowest BCUT2D eigenvalue weighted by atomic mass is 10.1. The van der Waals surface area contributed by atoms with Gasteiger partial charge in [0.15, 0.2) is 0 Å². The van der Waals surface area contributed by atoms with Gasteiger partial charge in [0.2, 0.25) is 5.91 Å². The summed E-state index contributed by atoms with van der Waals surface area (Å²) in [5, 5.41) is 4.89. The van der Waals surface area contributed by atoms with Crippen LogP contribution in [0.1, 0.15) is 30.5 Å². The Morgan fingerprint density at radius 1 is 1.22 bits per heavy atom. The third-order valence-electron chi connectivity index (χ3n) is 4.02. The van der Waals surface area contributed by atoms with E-state index in [4.69, 9.17) is 11.6 Å². The maximum Gasteiger partial charge on any atom is 0.220 e. The van der Waals surface area contributed by atoms with E-state index in [-0.39, 0.29) is 11.9 Å². The van der Waals surface area contributed by atoms with Crippen molar-refractivity contribution in [2.45, 2.75) is 25.8 Å². The Bertz CT molecular complexity index is 825. The molecule has 0 fully saturated rings. The third-order valence-corrected chi connectivity index (χ3v) is 4.26. The van der Waals surface area contributed by atoms with Crippen molar-refractivity contribution in [2.24, 2.45) is 0 Å². The minimum absolute atomic E-state index is 0.0442. The SMILES string of the molecule is C[C@@H](NC(=O)CCc1c[nH]c2ccccc12)c1cccc(Cl)c1. The van der Waals surface area contributed by atoms with Gasteiger partial charge in [0.25, 0.3) is 0 Å². The number of aromatic amines is 1. The topological polar surface area (TPSA) is 44.9 Å². The predicted molar refractivity (Wildman–Crippen MR) is 94.6 cm³/mol. The fourth-order valence-corrected chi connectivity index (χ4v) is 2.96. The Hall–Kier alpha value is -2.26. The highest BCUT2D eigenvalue weighted by Gasteiger charge is 2.11. The molecule has 3 aromatic rings. The zero-order chi connectivity index (χ0) is 16.2. The first kappa shape index (κ1) is 15.6. The summed E-state index contributed by atoms with van der Waals surface area (Å²) in [7, 11) is 0. The lowest BCUT2D eigenvalue weighted by Crippen LogP contribution is -2.26. The number of carbonyl (C=O) groups excluding carboxylic acids is 1. The van der Waals surface area contributed by atoms with Gasteiger partial charge >= 0.3 is 0 Å². The number of carbonyl (C=O) groups is 1. The van der Waals surface area contributed by atoms with E-state index in [0.29, 0.717) is 11.4 Å². The molecule has 0 bridgehead atoms. The molecule has 0 saturated carbocycles. The summed E-state index contributed by atoms with van der Waals surface area (Å²) < 4.78 is 0. The zero-order valence-electron chi connectivity index (χ0n) is 13.0. The first-order valence-corrected chi connectivity index (χ1v) is 8.11. The molecule has 2 aromatic carbocycles. The number of nitrogens with one attached hydrogen (secondary N) is 2. The average molecular weight is 327 g/mol. The number of halogens is 1. The molecular weight excluding hydrogens is 308 g/mol. The standard InChI is InChI=1S/C19H19ClN2O/c1-13(14-5-4-6-16(20)11-14)22-19(23)10-9-15-12-21-18-8-3-2-7-17(15)18/h2-8,11-13,21H,9-10H2,1H3,(H,22,23)/t13-/m1/s1. The Morgan fingerprint density at radius 2 is 2.04 bits per heavy atom. The van der Waals surface area contributed by atoms with Crippen molar-refractivity contribution < 1.29 is 4.79 Å². The van der Waals surface area contributed by atoms with Gasteiger partial charge in [-0.2, -0.15) is 0 Å². The number of benzene rings is 2. The van der Waals surface area contributed by atoms with E-state index >= 15 is 0 Å². The van der Waals surface area contributed by atoms with Gasteiger partial charge in [0.1, 0.15) is 0 Å². The van der Waals surface area contributed by atoms with Crippen LogP contribution >= 0.6 is 11.6 Å². The normalized spacial score (nSPS) is 12.3. The van der Waals surface area contributed by atoms with Gasteiger partial charge < -0.3 is 10.3 Å². The lowest BCUT2D eigenvalue weighted by Gasteiger charge is -2.14. The van der Waals surface area contributed by atoms with Crippen LogP contribution in [0, 0.1) is 0 Å². The molecule has 0 aliphatic rings. The van der Waals surface area contributed by atoms with Crippen molar-refractivity contribution in [3.05, 3.63) is 70.9 Å². The first-order valence-electron chi connectivity index (χ1n) is 7.73. The summed E-state index contributed by atoms with van der Waals surface area (Å²) >= 11 is 5.99. The molecule has 3 rings (SSSR count). The minimum atomic E-state index is -0.0517. The number of rotatable bonds is 5. The molecule has 3 nitrogen and oxygen atoms in total. The number of fused-ring (bicyclic) bond motifs is 1. The van der Waals surface area contributed by atoms with Gasteiger partial charge in [0, 0.05) is 28.5 Å². The molecule has 1 heterocycles. The highest BCUT2D eigenvalue weighted by Crippen LogP contribution is 2.20. The molecular formula is C19H19ClN2O. The van der Waals surface area contributed by atoms with Gasteiger partial charge in [-0.3, -0.25) is 4.79 Å². The van der Waals surface area contributed by atoms with E-state index in [1.165, 1.54) is 10.9 Å². The molecule has 0 saturated heterocycles. The van der Waals surface area contributed by atoms with Crippen molar-refractivity contribution in [3.63, 3.8) is 0 Å². The molecule has 1 amide bonds. The largest absolute Gasteiger partial charge is 0.361 e. The Balaban J connectivity index is 1.59. The molecule has 1 aromatic heterocycles. The van der Waals surface area contributed by atoms with Crippen molar-refractivity contribution in [1.82, 2.24) is 10.3 Å². The molecule has 0 unspecified atom stereocenters. The number of H-pyrrole nitrogens is 1. The molecule has 23 heavy (non-hydrogen) atoms. The average Bonchev–Trinajstić information content (AvgIpc) is 2.96. The number of aryl methyl sites for hydroxylation is 1. The van der Waals surface area contributed by atoms with Crippen molar-refractivity contribution in [2.75, 3.05) is 0 Å². The van der Waals surface area contributed by atoms with Gasteiger partial charge in [-0.1, -0.05) is 41.9 Å². The van der Waals surface area contributed by atoms with Gasteiger partial charge in [-0.15, -0.1) is 0 Å². The summed E-state index contributed by atoms with van der Waals surface area (Å²) in [6.45, 7) is 1.97. The zero-order valence-corrected chi connectivity index (χ0v) is 13.7. The number of hydrogen-bond acceptors (Lipinski definition) is 1. The van der Waals surface area contributed by atoms with E-state index in [9.17, 15) is 4.79 Å². The van der Waals surface area contributed by atoms with Crippen LogP contribution in [-0.4, -0.2) is 10.9 Å². The number of hydrogen-bond donors (Lipinski definition) is 2. The van der Waals surface area contributed by atoms with Crippen molar-refractivity contribution in [3.8, 4) is 0 Å². The fourth-order valence-electron chi connectivity index (χ4n) is 2.76. The van der Waals surface area contributed by atoms with Crippen molar-refractivity contribution in [1.29, 1.82) is 0 Å². The molecule has 0 aliphatic carbocycles. The summed E-state index contributed by atoms with van der Waals surface area (Å²) in [5.41, 5.74) is 3.29. The van der Waals surface area contributed by atoms with Crippen LogP contribution in [0.4, 0.5) is 0 Å². The predicted octanol–water partition coefficient (Wildman–Crippen LogP) is 4.63. The van der Waals surface area contributed by atoms with E-state index in [0.717, 1.165) is 17.5 Å². The van der Waals surface area contributed by atoms with E-state index in [2.05, 4.69) is 16.4 Å². The maximum atomic E-state index is 12.2. The molecule has 4 heteroatoms. The molecule has 0 aliphatic heterocycles. The van der Waals surface area contributed by atoms with Crippen LogP contribution in [0.2, 0.25) is 5.02 Å². The van der Waals surface area contributed by atoms with Gasteiger partial charge in [-0.05, 0) is 42.7 Å². The number of amides is 1. The van der Waals surface area contributed by atoms with Crippen LogP contribution in [0.15, 0.2) is 54.7 Å². The monoisotopic (exact) mass is 326 g/mol. The smallest absolute Gasteiger partial charge is 0.220 e. The highest BCUT2D eigenvalue weighted by atomic mass is 35.5. The lowest BCUT2D eigenvalue weighted by molar-refractivity contribution is -0.121. The summed E-state index contributed by atoms with van der Waals surface area (Å²) in [6.07, 6.45) is 3.17. The second-order valence-corrected chi connectivity index (χ2v) is 6.14. The van der Waals surface area contributed by atoms with Crippen LogP contribution in [0.5, 0.6) is 0 Å². The van der Waals surface area contributed by atoms with E-state index in [1.54, 1.807) is 0 Å². The van der Waals surface area contributed by atoms with Gasteiger partial charge in [0.05, 0.1) is 6.04 Å². The molecule has 118 valence electrons. The fraction of sp³-hybridized carbons (Fsp3) is 0.211. The molecule has 2 N–H and O–H groups in total. The third kappa shape index (κ3) is 3.74.